The number of carbonyl (C=O) groups is 2. The number of anilines is 6. The number of para-hydroxylation sites is 4. The van der Waals surface area contributed by atoms with Gasteiger partial charge in [-0.2, -0.15) is 10.5 Å². The van der Waals surface area contributed by atoms with E-state index < -0.39 is 18.0 Å². The lowest BCUT2D eigenvalue weighted by molar-refractivity contribution is -0.152. The number of nitriles is 2. The Bertz CT molecular complexity index is 2270. The van der Waals surface area contributed by atoms with Crippen LogP contribution in [-0.4, -0.2) is 24.6 Å². The van der Waals surface area contributed by atoms with Gasteiger partial charge in [-0.1, -0.05) is 97.1 Å². The van der Waals surface area contributed by atoms with Gasteiger partial charge in [0.1, 0.15) is 36.0 Å². The molecule has 1 unspecified atom stereocenters. The third-order valence-electron chi connectivity index (χ3n) is 8.42. The molecule has 0 amide bonds. The predicted octanol–water partition coefficient (Wildman–Crippen LogP) is 10.6. The summed E-state index contributed by atoms with van der Waals surface area (Å²) < 4.78 is 10.7. The van der Waals surface area contributed by atoms with Gasteiger partial charge in [-0.15, -0.1) is 0 Å². The second kappa shape index (κ2) is 18.2. The molecule has 0 heterocycles. The van der Waals surface area contributed by atoms with Crippen molar-refractivity contribution in [2.45, 2.75) is 13.0 Å². The molecular formula is C47H36N4O4. The Labute approximate surface area is 320 Å². The van der Waals surface area contributed by atoms with Crippen molar-refractivity contribution in [1.82, 2.24) is 0 Å². The minimum absolute atomic E-state index is 0.214. The molecular weight excluding hydrogens is 685 g/mol. The molecule has 8 heteroatoms. The molecule has 8 nitrogen and oxygen atoms in total. The maximum Gasteiger partial charge on any atom is 0.349 e. The maximum atomic E-state index is 12.9. The molecule has 6 rings (SSSR count). The molecule has 0 aliphatic rings. The van der Waals surface area contributed by atoms with E-state index in [4.69, 9.17) is 9.47 Å². The third-order valence-corrected chi connectivity index (χ3v) is 8.42. The molecule has 0 bridgehead atoms. The summed E-state index contributed by atoms with van der Waals surface area (Å²) in [6, 6.07) is 58.5. The van der Waals surface area contributed by atoms with E-state index >= 15 is 0 Å². The lowest BCUT2D eigenvalue weighted by atomic mass is 10.1. The first-order valence-electron chi connectivity index (χ1n) is 17.6. The molecule has 55 heavy (non-hydrogen) atoms. The molecule has 268 valence electrons. The van der Waals surface area contributed by atoms with Crippen molar-refractivity contribution in [3.8, 4) is 12.1 Å². The fraction of sp³-hybridized carbons (Fsp3) is 0.0638. The maximum absolute atomic E-state index is 12.9. The zero-order valence-corrected chi connectivity index (χ0v) is 30.0. The molecule has 0 N–H and O–H groups in total. The van der Waals surface area contributed by atoms with Gasteiger partial charge in [0.25, 0.3) is 0 Å². The van der Waals surface area contributed by atoms with Crippen LogP contribution >= 0.6 is 0 Å². The Balaban J connectivity index is 1.07. The number of esters is 2. The van der Waals surface area contributed by atoms with E-state index in [1.807, 2.05) is 182 Å². The van der Waals surface area contributed by atoms with Gasteiger partial charge in [-0.05, 0) is 103 Å². The summed E-state index contributed by atoms with van der Waals surface area (Å²) >= 11 is 0. The lowest BCUT2D eigenvalue weighted by Gasteiger charge is -2.25. The average molecular weight is 721 g/mol. The van der Waals surface area contributed by atoms with Crippen LogP contribution in [0.15, 0.2) is 181 Å². The monoisotopic (exact) mass is 720 g/mol. The van der Waals surface area contributed by atoms with E-state index in [0.717, 1.165) is 34.1 Å². The lowest BCUT2D eigenvalue weighted by Crippen LogP contribution is -2.23. The van der Waals surface area contributed by atoms with E-state index in [2.05, 4.69) is 9.80 Å². The molecule has 0 saturated carbocycles. The highest BCUT2D eigenvalue weighted by atomic mass is 16.6. The van der Waals surface area contributed by atoms with Crippen LogP contribution < -0.4 is 9.80 Å². The minimum Gasteiger partial charge on any atom is -0.458 e. The molecule has 0 aromatic heterocycles. The van der Waals surface area contributed by atoms with Crippen LogP contribution in [0.1, 0.15) is 18.1 Å². The summed E-state index contributed by atoms with van der Waals surface area (Å²) in [6.07, 6.45) is 2.00. The number of hydrogen-bond acceptors (Lipinski definition) is 8. The van der Waals surface area contributed by atoms with Crippen LogP contribution in [-0.2, 0) is 19.1 Å². The summed E-state index contributed by atoms with van der Waals surface area (Å²) in [6.45, 7) is 1.23. The second-order valence-electron chi connectivity index (χ2n) is 12.4. The first-order chi connectivity index (χ1) is 26.9. The quantitative estimate of drug-likeness (QED) is 0.0659. The smallest absolute Gasteiger partial charge is 0.349 e. The Morgan fingerprint density at radius 3 is 1.15 bits per heavy atom. The summed E-state index contributed by atoms with van der Waals surface area (Å²) in [5, 5.41) is 19.5. The summed E-state index contributed by atoms with van der Waals surface area (Å²) in [5.41, 5.74) is 6.54. The summed E-state index contributed by atoms with van der Waals surface area (Å²) in [4.78, 5) is 30.0. The molecule has 0 aliphatic heterocycles. The number of nitrogens with zero attached hydrogens (tertiary/aromatic N) is 4. The first-order valence-corrected chi connectivity index (χ1v) is 17.6. The van der Waals surface area contributed by atoms with Crippen molar-refractivity contribution < 1.29 is 19.1 Å². The van der Waals surface area contributed by atoms with Crippen LogP contribution in [0.25, 0.3) is 12.2 Å². The van der Waals surface area contributed by atoms with Crippen LogP contribution in [0.3, 0.4) is 0 Å². The van der Waals surface area contributed by atoms with Crippen molar-refractivity contribution in [1.29, 1.82) is 10.5 Å². The molecule has 0 saturated heterocycles. The normalized spacial score (nSPS) is 11.7. The Morgan fingerprint density at radius 1 is 0.509 bits per heavy atom. The number of ether oxygens (including phenoxy) is 2. The SMILES string of the molecule is CC(COC(=O)/C(C#N)=C/c1ccc(N(c2ccccc2)c2ccccc2)cc1)OC(=O)/C(C#N)=C/c1ccc(N(c2ccccc2)c2ccccc2)cc1. The molecule has 6 aromatic rings. The van der Waals surface area contributed by atoms with Gasteiger partial charge in [-0.3, -0.25) is 0 Å². The second-order valence-corrected chi connectivity index (χ2v) is 12.4. The van der Waals surface area contributed by atoms with Crippen molar-refractivity contribution in [2.24, 2.45) is 0 Å². The van der Waals surface area contributed by atoms with Gasteiger partial charge >= 0.3 is 11.9 Å². The number of carbonyl (C=O) groups excluding carboxylic acids is 2. The Morgan fingerprint density at radius 2 is 0.818 bits per heavy atom. The summed E-state index contributed by atoms with van der Waals surface area (Å²) in [7, 11) is 0. The standard InChI is InChI=1S/C47H36N4O4/c1-35(55-47(53)39(33-49)31-37-24-28-45(29-25-37)51(42-18-10-4-11-19-42)43-20-12-5-13-21-43)34-54-46(52)38(32-48)30-36-22-26-44(27-23-36)50(40-14-6-2-7-15-40)41-16-8-3-9-17-41/h2-31,35H,34H2,1H3/b38-30+,39-31+. The minimum atomic E-state index is -0.887. The van der Waals surface area contributed by atoms with Crippen molar-refractivity contribution >= 4 is 58.2 Å². The van der Waals surface area contributed by atoms with Gasteiger partial charge in [0.05, 0.1) is 0 Å². The number of rotatable bonds is 13. The highest BCUT2D eigenvalue weighted by molar-refractivity contribution is 5.99. The number of hydrogen-bond donors (Lipinski definition) is 0. The van der Waals surface area contributed by atoms with Gasteiger partial charge in [0, 0.05) is 34.1 Å². The highest BCUT2D eigenvalue weighted by Crippen LogP contribution is 2.35. The fourth-order valence-electron chi connectivity index (χ4n) is 5.80. The first kappa shape index (κ1) is 37.1. The average Bonchev–Trinajstić information content (AvgIpc) is 3.24. The molecule has 6 aromatic carbocycles. The highest BCUT2D eigenvalue weighted by Gasteiger charge is 2.19. The zero-order chi connectivity index (χ0) is 38.4. The topological polar surface area (TPSA) is 107 Å². The molecule has 0 radical (unpaired) electrons. The number of benzene rings is 6. The van der Waals surface area contributed by atoms with E-state index in [0.29, 0.717) is 11.1 Å². The van der Waals surface area contributed by atoms with E-state index in [-0.39, 0.29) is 17.8 Å². The van der Waals surface area contributed by atoms with Crippen molar-refractivity contribution in [2.75, 3.05) is 16.4 Å². The van der Waals surface area contributed by atoms with Crippen LogP contribution in [0.4, 0.5) is 34.1 Å². The Kier molecular flexibility index (Phi) is 12.3. The zero-order valence-electron chi connectivity index (χ0n) is 30.0. The van der Waals surface area contributed by atoms with Gasteiger partial charge in [-0.25, -0.2) is 9.59 Å². The van der Waals surface area contributed by atoms with Crippen LogP contribution in [0.5, 0.6) is 0 Å². The van der Waals surface area contributed by atoms with Crippen LogP contribution in [0.2, 0.25) is 0 Å². The van der Waals surface area contributed by atoms with Gasteiger partial charge in [0.2, 0.25) is 0 Å². The van der Waals surface area contributed by atoms with E-state index in [1.165, 1.54) is 19.1 Å². The predicted molar refractivity (Wildman–Crippen MR) is 216 cm³/mol. The molecule has 0 spiro atoms. The van der Waals surface area contributed by atoms with Gasteiger partial charge < -0.3 is 19.3 Å². The van der Waals surface area contributed by atoms with Gasteiger partial charge in [0.15, 0.2) is 0 Å². The van der Waals surface area contributed by atoms with E-state index in [9.17, 15) is 20.1 Å². The largest absolute Gasteiger partial charge is 0.458 e. The fourth-order valence-corrected chi connectivity index (χ4v) is 5.80. The third kappa shape index (κ3) is 9.61. The summed E-state index contributed by atoms with van der Waals surface area (Å²) in [5.74, 6) is -1.72. The molecule has 0 aliphatic carbocycles. The van der Waals surface area contributed by atoms with E-state index in [1.54, 1.807) is 0 Å². The Hall–Kier alpha value is -7.68. The molecule has 0 fully saturated rings. The molecule has 1 atom stereocenters. The van der Waals surface area contributed by atoms with Crippen molar-refractivity contribution in [3.63, 3.8) is 0 Å². The van der Waals surface area contributed by atoms with Crippen LogP contribution in [0, 0.1) is 22.7 Å². The van der Waals surface area contributed by atoms with Crippen molar-refractivity contribution in [3.05, 3.63) is 192 Å².